The van der Waals surface area contributed by atoms with Gasteiger partial charge in [0.1, 0.15) is 5.75 Å². The Bertz CT molecular complexity index is 651. The maximum Gasteiger partial charge on any atom is 0.237 e. The van der Waals surface area contributed by atoms with Gasteiger partial charge in [0.15, 0.2) is 0 Å². The third kappa shape index (κ3) is 4.86. The lowest BCUT2D eigenvalue weighted by molar-refractivity contribution is -0.132. The first-order valence-electron chi connectivity index (χ1n) is 9.66. The quantitative estimate of drug-likeness (QED) is 0.701. The molecular formula is C21H31N3O2. The number of carbonyl (C=O) groups excluding carboxylic acids is 1. The fraction of sp³-hybridized carbons (Fsp3) is 0.571. The van der Waals surface area contributed by atoms with Crippen molar-refractivity contribution in [2.24, 2.45) is 0 Å². The number of rotatable bonds is 7. The molecule has 0 spiro atoms. The maximum absolute atomic E-state index is 12.5. The summed E-state index contributed by atoms with van der Waals surface area (Å²) < 4.78 is 5.59. The number of nitrogens with zero attached hydrogens (tertiary/aromatic N) is 3. The smallest absolute Gasteiger partial charge is 0.237 e. The SMILES string of the molecule is C=C(C)CN(CC)C(=O)CN1CCN(Cc2ccc3c(c2)CCO3)CC1. The molecule has 1 fully saturated rings. The molecule has 1 aromatic carbocycles. The van der Waals surface area contributed by atoms with Gasteiger partial charge in [-0.05, 0) is 31.0 Å². The maximum atomic E-state index is 12.5. The number of hydrogen-bond acceptors (Lipinski definition) is 4. The zero-order valence-electron chi connectivity index (χ0n) is 16.2. The normalized spacial score (nSPS) is 17.6. The minimum Gasteiger partial charge on any atom is -0.493 e. The van der Waals surface area contributed by atoms with Gasteiger partial charge in [-0.2, -0.15) is 0 Å². The van der Waals surface area contributed by atoms with Crippen LogP contribution in [0.25, 0.3) is 0 Å². The molecule has 3 rings (SSSR count). The molecule has 0 radical (unpaired) electrons. The summed E-state index contributed by atoms with van der Waals surface area (Å²) in [6.07, 6.45) is 1.02. The highest BCUT2D eigenvalue weighted by Crippen LogP contribution is 2.26. The molecule has 142 valence electrons. The number of likely N-dealkylation sites (N-methyl/N-ethyl adjacent to an activating group) is 1. The Labute approximate surface area is 157 Å². The highest BCUT2D eigenvalue weighted by atomic mass is 16.5. The molecule has 0 bridgehead atoms. The molecule has 0 aliphatic carbocycles. The molecular weight excluding hydrogens is 326 g/mol. The van der Waals surface area contributed by atoms with Gasteiger partial charge in [0, 0.05) is 52.2 Å². The lowest BCUT2D eigenvalue weighted by Gasteiger charge is -2.35. The van der Waals surface area contributed by atoms with Crippen LogP contribution in [0.1, 0.15) is 25.0 Å². The van der Waals surface area contributed by atoms with Gasteiger partial charge in [-0.15, -0.1) is 0 Å². The van der Waals surface area contributed by atoms with Crippen LogP contribution in [-0.4, -0.2) is 73.0 Å². The van der Waals surface area contributed by atoms with E-state index < -0.39 is 0 Å². The van der Waals surface area contributed by atoms with E-state index in [1.54, 1.807) is 0 Å². The third-order valence-electron chi connectivity index (χ3n) is 5.18. The number of carbonyl (C=O) groups is 1. The van der Waals surface area contributed by atoms with E-state index in [2.05, 4.69) is 34.6 Å². The summed E-state index contributed by atoms with van der Waals surface area (Å²) in [5, 5.41) is 0. The number of amides is 1. The van der Waals surface area contributed by atoms with E-state index in [4.69, 9.17) is 4.74 Å². The fourth-order valence-electron chi connectivity index (χ4n) is 3.70. The Hall–Kier alpha value is -1.85. The van der Waals surface area contributed by atoms with Crippen molar-refractivity contribution in [2.75, 3.05) is 52.4 Å². The zero-order valence-corrected chi connectivity index (χ0v) is 16.2. The Morgan fingerprint density at radius 1 is 1.23 bits per heavy atom. The van der Waals surface area contributed by atoms with E-state index in [-0.39, 0.29) is 5.91 Å². The van der Waals surface area contributed by atoms with Crippen molar-refractivity contribution in [3.05, 3.63) is 41.5 Å². The standard InChI is InChI=1S/C21H31N3O2/c1-4-24(14-17(2)3)21(25)16-23-10-8-22(9-11-23)15-18-5-6-20-19(13-18)7-12-26-20/h5-6,13H,2,4,7-12,14-16H2,1,3H3. The van der Waals surface area contributed by atoms with Gasteiger partial charge in [0.25, 0.3) is 0 Å². The first-order chi connectivity index (χ1) is 12.5. The summed E-state index contributed by atoms with van der Waals surface area (Å²) in [4.78, 5) is 19.1. The van der Waals surface area contributed by atoms with Crippen molar-refractivity contribution < 1.29 is 9.53 Å². The molecule has 0 saturated carbocycles. The molecule has 2 heterocycles. The Morgan fingerprint density at radius 2 is 1.96 bits per heavy atom. The van der Waals surface area contributed by atoms with Gasteiger partial charge in [-0.1, -0.05) is 24.3 Å². The van der Waals surface area contributed by atoms with E-state index in [1.807, 2.05) is 18.7 Å². The van der Waals surface area contributed by atoms with Gasteiger partial charge >= 0.3 is 0 Å². The first kappa shape index (κ1) is 18.9. The largest absolute Gasteiger partial charge is 0.493 e. The highest BCUT2D eigenvalue weighted by molar-refractivity contribution is 5.78. The van der Waals surface area contributed by atoms with Gasteiger partial charge in [-0.25, -0.2) is 0 Å². The molecule has 5 nitrogen and oxygen atoms in total. The predicted octanol–water partition coefficient (Wildman–Crippen LogP) is 2.16. The summed E-state index contributed by atoms with van der Waals surface area (Å²) >= 11 is 0. The van der Waals surface area contributed by atoms with E-state index in [9.17, 15) is 4.79 Å². The summed E-state index contributed by atoms with van der Waals surface area (Å²) in [6, 6.07) is 6.57. The third-order valence-corrected chi connectivity index (χ3v) is 5.18. The van der Waals surface area contributed by atoms with Crippen LogP contribution in [0.3, 0.4) is 0 Å². The molecule has 2 aliphatic rings. The molecule has 0 atom stereocenters. The van der Waals surface area contributed by atoms with Gasteiger partial charge < -0.3 is 9.64 Å². The van der Waals surface area contributed by atoms with Crippen molar-refractivity contribution >= 4 is 5.91 Å². The molecule has 1 aromatic rings. The Morgan fingerprint density at radius 3 is 2.65 bits per heavy atom. The van der Waals surface area contributed by atoms with E-state index in [0.29, 0.717) is 13.1 Å². The zero-order chi connectivity index (χ0) is 18.5. The minimum absolute atomic E-state index is 0.211. The lowest BCUT2D eigenvalue weighted by Crippen LogP contribution is -2.49. The second kappa shape index (κ2) is 8.69. The molecule has 26 heavy (non-hydrogen) atoms. The summed E-state index contributed by atoms with van der Waals surface area (Å²) in [7, 11) is 0. The topological polar surface area (TPSA) is 36.0 Å². The van der Waals surface area contributed by atoms with Crippen LogP contribution in [0.15, 0.2) is 30.4 Å². The Kier molecular flexibility index (Phi) is 6.33. The van der Waals surface area contributed by atoms with Crippen LogP contribution >= 0.6 is 0 Å². The number of benzene rings is 1. The molecule has 1 saturated heterocycles. The molecule has 0 aromatic heterocycles. The lowest BCUT2D eigenvalue weighted by atomic mass is 10.1. The molecule has 0 N–H and O–H groups in total. The summed E-state index contributed by atoms with van der Waals surface area (Å²) in [5.41, 5.74) is 3.73. The average molecular weight is 357 g/mol. The van der Waals surface area contributed by atoms with Gasteiger partial charge in [0.05, 0.1) is 13.2 Å². The van der Waals surface area contributed by atoms with Crippen LogP contribution in [0.5, 0.6) is 5.75 Å². The number of hydrogen-bond donors (Lipinski definition) is 0. The number of fused-ring (bicyclic) bond motifs is 1. The van der Waals surface area contributed by atoms with Gasteiger partial charge in [-0.3, -0.25) is 14.6 Å². The number of ether oxygens (including phenoxy) is 1. The van der Waals surface area contributed by atoms with Crippen LogP contribution < -0.4 is 4.74 Å². The van der Waals surface area contributed by atoms with Crippen molar-refractivity contribution in [3.8, 4) is 5.75 Å². The highest BCUT2D eigenvalue weighted by Gasteiger charge is 2.22. The molecule has 2 aliphatic heterocycles. The van der Waals surface area contributed by atoms with E-state index in [0.717, 1.165) is 63.6 Å². The minimum atomic E-state index is 0.211. The van der Waals surface area contributed by atoms with Crippen molar-refractivity contribution in [1.29, 1.82) is 0 Å². The van der Waals surface area contributed by atoms with Crippen molar-refractivity contribution in [3.63, 3.8) is 0 Å². The monoisotopic (exact) mass is 357 g/mol. The predicted molar refractivity (Wildman–Crippen MR) is 104 cm³/mol. The van der Waals surface area contributed by atoms with Crippen LogP contribution in [0.2, 0.25) is 0 Å². The molecule has 5 heteroatoms. The van der Waals surface area contributed by atoms with Crippen molar-refractivity contribution in [1.82, 2.24) is 14.7 Å². The molecule has 0 unspecified atom stereocenters. The fourth-order valence-corrected chi connectivity index (χ4v) is 3.70. The first-order valence-corrected chi connectivity index (χ1v) is 9.66. The van der Waals surface area contributed by atoms with Gasteiger partial charge in [0.2, 0.25) is 5.91 Å². The second-order valence-corrected chi connectivity index (χ2v) is 7.46. The number of piperazine rings is 1. The van der Waals surface area contributed by atoms with Crippen LogP contribution in [0.4, 0.5) is 0 Å². The Balaban J connectivity index is 1.45. The van der Waals surface area contributed by atoms with E-state index in [1.165, 1.54) is 11.1 Å². The van der Waals surface area contributed by atoms with Crippen LogP contribution in [0, 0.1) is 0 Å². The second-order valence-electron chi connectivity index (χ2n) is 7.46. The van der Waals surface area contributed by atoms with Crippen LogP contribution in [-0.2, 0) is 17.8 Å². The van der Waals surface area contributed by atoms with Crippen molar-refractivity contribution in [2.45, 2.75) is 26.8 Å². The van der Waals surface area contributed by atoms with E-state index >= 15 is 0 Å². The molecule has 1 amide bonds. The summed E-state index contributed by atoms with van der Waals surface area (Å²) in [5.74, 6) is 1.26. The summed E-state index contributed by atoms with van der Waals surface area (Å²) in [6.45, 7) is 15.6. The average Bonchev–Trinajstić information content (AvgIpc) is 3.09.